The Morgan fingerprint density at radius 2 is 2.11 bits per heavy atom. The molecule has 0 atom stereocenters. The van der Waals surface area contributed by atoms with Gasteiger partial charge < -0.3 is 11.5 Å². The van der Waals surface area contributed by atoms with Crippen molar-refractivity contribution in [2.45, 2.75) is 6.42 Å². The molecule has 4 N–H and O–H groups in total. The standard InChI is InChI=1S/C7H8N2/c8-6-2-1-3-7(9)5-4-6/h4-5H,2,8-9H2. The van der Waals surface area contributed by atoms with E-state index in [0.29, 0.717) is 12.1 Å². The fourth-order valence-electron chi connectivity index (χ4n) is 0.546. The minimum atomic E-state index is 0.579. The molecule has 0 unspecified atom stereocenters. The zero-order valence-electron chi connectivity index (χ0n) is 5.02. The van der Waals surface area contributed by atoms with Gasteiger partial charge in [0, 0.05) is 12.1 Å². The number of allylic oxidation sites excluding steroid dienone is 4. The number of rotatable bonds is 0. The summed E-state index contributed by atoms with van der Waals surface area (Å²) in [6.07, 6.45) is 4.11. The van der Waals surface area contributed by atoms with Crippen LogP contribution < -0.4 is 11.5 Å². The molecule has 1 aliphatic rings. The predicted octanol–water partition coefficient (Wildman–Crippen LogP) is 0.0787. The number of nitrogens with two attached hydrogens (primary N) is 2. The maximum atomic E-state index is 5.46. The van der Waals surface area contributed by atoms with Gasteiger partial charge in [0.2, 0.25) is 0 Å². The molecule has 0 saturated carbocycles. The van der Waals surface area contributed by atoms with E-state index < -0.39 is 0 Å². The van der Waals surface area contributed by atoms with Gasteiger partial charge in [-0.3, -0.25) is 0 Å². The highest BCUT2D eigenvalue weighted by Gasteiger charge is 1.88. The summed E-state index contributed by atoms with van der Waals surface area (Å²) in [4.78, 5) is 0. The summed E-state index contributed by atoms with van der Waals surface area (Å²) in [5, 5.41) is 0. The minimum absolute atomic E-state index is 0.579. The first-order chi connectivity index (χ1) is 4.29. The van der Waals surface area contributed by atoms with Gasteiger partial charge >= 0.3 is 0 Å². The summed E-state index contributed by atoms with van der Waals surface area (Å²) in [6.45, 7) is 0. The largest absolute Gasteiger partial charge is 0.401 e. The van der Waals surface area contributed by atoms with Crippen LogP contribution in [0.4, 0.5) is 0 Å². The van der Waals surface area contributed by atoms with Gasteiger partial charge in [-0.05, 0) is 18.1 Å². The molecule has 0 radical (unpaired) electrons. The van der Waals surface area contributed by atoms with Crippen molar-refractivity contribution in [3.05, 3.63) is 23.5 Å². The summed E-state index contributed by atoms with van der Waals surface area (Å²) in [7, 11) is 0. The van der Waals surface area contributed by atoms with Crippen molar-refractivity contribution in [2.75, 3.05) is 0 Å². The van der Waals surface area contributed by atoms with E-state index in [2.05, 4.69) is 11.8 Å². The Morgan fingerprint density at radius 1 is 1.33 bits per heavy atom. The summed E-state index contributed by atoms with van der Waals surface area (Å²) in [6, 6.07) is 0. The van der Waals surface area contributed by atoms with Crippen LogP contribution in [-0.2, 0) is 0 Å². The summed E-state index contributed by atoms with van der Waals surface area (Å²) >= 11 is 0. The average Bonchev–Trinajstić information content (AvgIpc) is 1.97. The molecule has 0 aromatic rings. The molecule has 0 heterocycles. The van der Waals surface area contributed by atoms with Crippen LogP contribution in [0.5, 0.6) is 0 Å². The second kappa shape index (κ2) is 2.27. The van der Waals surface area contributed by atoms with Crippen molar-refractivity contribution < 1.29 is 0 Å². The Kier molecular flexibility index (Phi) is 1.46. The minimum Gasteiger partial charge on any atom is -0.401 e. The molecule has 46 valence electrons. The molecule has 0 amide bonds. The van der Waals surface area contributed by atoms with E-state index >= 15 is 0 Å². The lowest BCUT2D eigenvalue weighted by molar-refractivity contribution is 1.20. The van der Waals surface area contributed by atoms with Gasteiger partial charge in [-0.15, -0.1) is 0 Å². The Labute approximate surface area is 54.2 Å². The van der Waals surface area contributed by atoms with Crippen LogP contribution in [-0.4, -0.2) is 0 Å². The molecule has 2 heteroatoms. The summed E-state index contributed by atoms with van der Waals surface area (Å²) < 4.78 is 0. The van der Waals surface area contributed by atoms with E-state index in [1.165, 1.54) is 0 Å². The molecule has 0 aromatic heterocycles. The predicted molar refractivity (Wildman–Crippen MR) is 36.9 cm³/mol. The number of hydrogen-bond donors (Lipinski definition) is 2. The molecule has 0 aromatic carbocycles. The lowest BCUT2D eigenvalue weighted by Gasteiger charge is -1.86. The van der Waals surface area contributed by atoms with Crippen LogP contribution in [0.1, 0.15) is 6.42 Å². The zero-order valence-corrected chi connectivity index (χ0v) is 5.02. The van der Waals surface area contributed by atoms with Crippen molar-refractivity contribution in [3.63, 3.8) is 0 Å². The van der Waals surface area contributed by atoms with Crippen LogP contribution in [0.2, 0.25) is 0 Å². The van der Waals surface area contributed by atoms with Crippen molar-refractivity contribution in [1.29, 1.82) is 0 Å². The van der Waals surface area contributed by atoms with E-state index in [9.17, 15) is 0 Å². The van der Waals surface area contributed by atoms with Crippen molar-refractivity contribution in [2.24, 2.45) is 11.5 Å². The van der Waals surface area contributed by atoms with Crippen molar-refractivity contribution >= 4 is 0 Å². The maximum absolute atomic E-state index is 5.46. The third-order valence-corrected chi connectivity index (χ3v) is 1.00. The molecule has 0 saturated heterocycles. The van der Waals surface area contributed by atoms with Gasteiger partial charge in [-0.2, -0.15) is 0 Å². The normalized spacial score (nSPS) is 16.4. The first kappa shape index (κ1) is 5.77. The Morgan fingerprint density at radius 3 is 2.89 bits per heavy atom. The molecule has 0 bridgehead atoms. The van der Waals surface area contributed by atoms with Crippen LogP contribution in [0, 0.1) is 11.8 Å². The van der Waals surface area contributed by atoms with Gasteiger partial charge in [0.1, 0.15) is 0 Å². The Bertz CT molecular complexity index is 225. The molecule has 0 spiro atoms. The zero-order chi connectivity index (χ0) is 6.69. The third-order valence-electron chi connectivity index (χ3n) is 1.00. The van der Waals surface area contributed by atoms with Gasteiger partial charge in [0.15, 0.2) is 0 Å². The molecular weight excluding hydrogens is 112 g/mol. The van der Waals surface area contributed by atoms with Gasteiger partial charge in [0.05, 0.1) is 5.70 Å². The van der Waals surface area contributed by atoms with E-state index in [4.69, 9.17) is 11.5 Å². The van der Waals surface area contributed by atoms with Gasteiger partial charge in [-0.25, -0.2) is 0 Å². The van der Waals surface area contributed by atoms with Gasteiger partial charge in [-0.1, -0.05) is 5.92 Å². The molecule has 9 heavy (non-hydrogen) atoms. The first-order valence-corrected chi connectivity index (χ1v) is 2.70. The highest BCUT2D eigenvalue weighted by Crippen LogP contribution is 1.96. The van der Waals surface area contributed by atoms with Crippen LogP contribution >= 0.6 is 0 Å². The maximum Gasteiger partial charge on any atom is 0.0828 e. The highest BCUT2D eigenvalue weighted by atomic mass is 14.6. The van der Waals surface area contributed by atoms with Crippen LogP contribution in [0.25, 0.3) is 0 Å². The summed E-state index contributed by atoms with van der Waals surface area (Å²) in [5.74, 6) is 5.54. The third kappa shape index (κ3) is 1.54. The first-order valence-electron chi connectivity index (χ1n) is 2.70. The Hall–Kier alpha value is -1.36. The Balaban J connectivity index is 2.86. The quantitative estimate of drug-likeness (QED) is 0.445. The van der Waals surface area contributed by atoms with E-state index in [1.807, 2.05) is 0 Å². The van der Waals surface area contributed by atoms with Crippen LogP contribution in [0.15, 0.2) is 23.5 Å². The van der Waals surface area contributed by atoms with Crippen molar-refractivity contribution in [1.82, 2.24) is 0 Å². The smallest absolute Gasteiger partial charge is 0.0828 e. The van der Waals surface area contributed by atoms with E-state index in [0.717, 1.165) is 5.70 Å². The fourth-order valence-corrected chi connectivity index (χ4v) is 0.546. The molecule has 1 rings (SSSR count). The number of hydrogen-bond acceptors (Lipinski definition) is 2. The second-order valence-corrected chi connectivity index (χ2v) is 1.84. The molecule has 0 fully saturated rings. The molecule has 2 nitrogen and oxygen atoms in total. The van der Waals surface area contributed by atoms with E-state index in [-0.39, 0.29) is 0 Å². The van der Waals surface area contributed by atoms with Gasteiger partial charge in [0.25, 0.3) is 0 Å². The molecular formula is C7H8N2. The highest BCUT2D eigenvalue weighted by molar-refractivity contribution is 5.34. The van der Waals surface area contributed by atoms with Crippen molar-refractivity contribution in [3.8, 4) is 11.8 Å². The lowest BCUT2D eigenvalue weighted by atomic mass is 10.3. The molecule has 1 aliphatic carbocycles. The SMILES string of the molecule is NC1=CC=C(N)CC#C1. The monoisotopic (exact) mass is 120 g/mol. The fraction of sp³-hybridized carbons (Fsp3) is 0.143. The average molecular weight is 120 g/mol. The summed E-state index contributed by atoms with van der Waals surface area (Å²) in [5.41, 5.74) is 12.2. The second-order valence-electron chi connectivity index (χ2n) is 1.84. The molecule has 0 aliphatic heterocycles. The lowest BCUT2D eigenvalue weighted by Crippen LogP contribution is -1.93. The van der Waals surface area contributed by atoms with E-state index in [1.54, 1.807) is 12.2 Å². The topological polar surface area (TPSA) is 52.0 Å². The van der Waals surface area contributed by atoms with Crippen LogP contribution in [0.3, 0.4) is 0 Å².